The molecule has 2 heterocycles. The molecule has 19 nitrogen and oxygen atoms in total. The molecule has 2 saturated heterocycles. The number of fused-ring (bicyclic) bond motifs is 1. The molecule has 12 N–H and O–H groups in total. The van der Waals surface area contributed by atoms with Gasteiger partial charge in [0.05, 0.1) is 12.7 Å². The van der Waals surface area contributed by atoms with Gasteiger partial charge in [-0.1, -0.05) is 50.6 Å². The minimum atomic E-state index is -1.65. The van der Waals surface area contributed by atoms with Crippen molar-refractivity contribution >= 4 is 47.3 Å². The fourth-order valence-electron chi connectivity index (χ4n) is 6.31. The number of guanidine groups is 1. The lowest BCUT2D eigenvalue weighted by Crippen LogP contribution is -2.62. The molecule has 55 heavy (non-hydrogen) atoms. The Labute approximate surface area is 320 Å². The third kappa shape index (κ3) is 12.6. The Morgan fingerprint density at radius 2 is 1.42 bits per heavy atom. The Bertz CT molecular complexity index is 1560. The van der Waals surface area contributed by atoms with E-state index in [1.165, 1.54) is 18.7 Å². The summed E-state index contributed by atoms with van der Waals surface area (Å²) in [6.07, 6.45) is -0.105. The number of aliphatic imine (C=N–C) groups is 1. The predicted molar refractivity (Wildman–Crippen MR) is 200 cm³/mol. The molecular weight excluding hydrogens is 716 g/mol. The van der Waals surface area contributed by atoms with Gasteiger partial charge in [0.2, 0.25) is 41.4 Å². The molecule has 1 aromatic rings. The van der Waals surface area contributed by atoms with Crippen molar-refractivity contribution in [2.45, 2.75) is 115 Å². The normalized spacial score (nSPS) is 27.5. The zero-order chi connectivity index (χ0) is 40.8. The SMILES string of the molecule is CC[C@H](C)[C@@H]1NC(=O)[C@H](C)NC(=O)[C@H]([C@@H](C)O)NC(=O)[C@H](CO)NC(=O)[C@H](CCCN=C(N)N)NC(=O)[C@H](Cc2ccccc2)NC(=O)[C@@H]2CCCN2C1=O. The summed E-state index contributed by atoms with van der Waals surface area (Å²) in [7, 11) is 0. The third-order valence-electron chi connectivity index (χ3n) is 9.74. The van der Waals surface area contributed by atoms with E-state index in [-0.39, 0.29) is 44.7 Å². The summed E-state index contributed by atoms with van der Waals surface area (Å²) in [5, 5.41) is 35.8. The first-order valence-electron chi connectivity index (χ1n) is 18.6. The monoisotopic (exact) mass is 772 g/mol. The summed E-state index contributed by atoms with van der Waals surface area (Å²) < 4.78 is 0. The molecule has 1 aromatic carbocycles. The second-order valence-electron chi connectivity index (χ2n) is 14.0. The van der Waals surface area contributed by atoms with E-state index in [1.54, 1.807) is 37.3 Å². The molecule has 0 spiro atoms. The predicted octanol–water partition coefficient (Wildman–Crippen LogP) is -3.36. The van der Waals surface area contributed by atoms with Gasteiger partial charge in [-0.2, -0.15) is 0 Å². The highest BCUT2D eigenvalue weighted by atomic mass is 16.3. The highest BCUT2D eigenvalue weighted by Crippen LogP contribution is 2.22. The van der Waals surface area contributed by atoms with E-state index in [4.69, 9.17) is 11.5 Å². The van der Waals surface area contributed by atoms with Crippen LogP contribution in [0.2, 0.25) is 0 Å². The highest BCUT2D eigenvalue weighted by molar-refractivity contribution is 5.99. The largest absolute Gasteiger partial charge is 0.394 e. The van der Waals surface area contributed by atoms with Crippen LogP contribution in [0.25, 0.3) is 0 Å². The van der Waals surface area contributed by atoms with Crippen LogP contribution in [0.15, 0.2) is 35.3 Å². The lowest BCUT2D eigenvalue weighted by atomic mass is 9.96. The molecule has 3 rings (SSSR count). The van der Waals surface area contributed by atoms with E-state index in [1.807, 2.05) is 6.92 Å². The van der Waals surface area contributed by atoms with Crippen LogP contribution in [0.3, 0.4) is 0 Å². The van der Waals surface area contributed by atoms with Gasteiger partial charge in [0.15, 0.2) is 5.96 Å². The Hall–Kier alpha value is -5.30. The second-order valence-corrected chi connectivity index (χ2v) is 14.0. The van der Waals surface area contributed by atoms with Gasteiger partial charge in [-0.05, 0) is 51.0 Å². The maximum Gasteiger partial charge on any atom is 0.246 e. The molecule has 2 aliphatic heterocycles. The van der Waals surface area contributed by atoms with Crippen LogP contribution in [0.5, 0.6) is 0 Å². The van der Waals surface area contributed by atoms with E-state index >= 15 is 0 Å². The maximum absolute atomic E-state index is 14.1. The fraction of sp³-hybridized carbons (Fsp3) is 0.611. The minimum Gasteiger partial charge on any atom is -0.394 e. The molecular formula is C36H56N10O9. The van der Waals surface area contributed by atoms with Crippen LogP contribution >= 0.6 is 0 Å². The molecule has 2 aliphatic rings. The van der Waals surface area contributed by atoms with Gasteiger partial charge in [0, 0.05) is 19.5 Å². The number of aliphatic hydroxyl groups excluding tert-OH is 2. The molecule has 0 aromatic heterocycles. The molecule has 19 heteroatoms. The van der Waals surface area contributed by atoms with Crippen LogP contribution in [0.1, 0.15) is 65.4 Å². The van der Waals surface area contributed by atoms with Crippen molar-refractivity contribution in [3.8, 4) is 0 Å². The number of nitrogens with one attached hydrogen (secondary N) is 6. The lowest BCUT2D eigenvalue weighted by molar-refractivity contribution is -0.143. The molecule has 0 aliphatic carbocycles. The van der Waals surface area contributed by atoms with Gasteiger partial charge in [0.1, 0.15) is 42.3 Å². The Kier molecular flexibility index (Phi) is 16.8. The summed E-state index contributed by atoms with van der Waals surface area (Å²) in [6.45, 7) is 5.53. The van der Waals surface area contributed by atoms with E-state index in [0.717, 1.165) is 0 Å². The van der Waals surface area contributed by atoms with Gasteiger partial charge >= 0.3 is 0 Å². The Morgan fingerprint density at radius 3 is 2.04 bits per heavy atom. The number of nitrogens with two attached hydrogens (primary N) is 2. The number of carbonyl (C=O) groups is 7. The van der Waals surface area contributed by atoms with Crippen molar-refractivity contribution in [1.29, 1.82) is 0 Å². The maximum atomic E-state index is 14.1. The number of amides is 7. The Balaban J connectivity index is 2.08. The summed E-state index contributed by atoms with van der Waals surface area (Å²) in [6, 6.07) is -0.346. The first-order valence-corrected chi connectivity index (χ1v) is 18.6. The summed E-state index contributed by atoms with van der Waals surface area (Å²) in [4.78, 5) is 101. The zero-order valence-corrected chi connectivity index (χ0v) is 31.7. The third-order valence-corrected chi connectivity index (χ3v) is 9.74. The van der Waals surface area contributed by atoms with Crippen molar-refractivity contribution in [2.75, 3.05) is 19.7 Å². The number of carbonyl (C=O) groups excluding carboxylic acids is 7. The topological polar surface area (TPSA) is 300 Å². The van der Waals surface area contributed by atoms with Crippen LogP contribution in [0.4, 0.5) is 0 Å². The van der Waals surface area contributed by atoms with Crippen molar-refractivity contribution in [3.63, 3.8) is 0 Å². The summed E-state index contributed by atoms with van der Waals surface area (Å²) in [5.41, 5.74) is 11.6. The number of aliphatic hydroxyl groups is 2. The van der Waals surface area contributed by atoms with E-state index < -0.39 is 102 Å². The van der Waals surface area contributed by atoms with Crippen molar-refractivity contribution < 1.29 is 43.8 Å². The highest BCUT2D eigenvalue weighted by Gasteiger charge is 2.41. The fourth-order valence-corrected chi connectivity index (χ4v) is 6.31. The molecule has 0 bridgehead atoms. The molecule has 2 fully saturated rings. The molecule has 0 saturated carbocycles. The van der Waals surface area contributed by atoms with E-state index in [2.05, 4.69) is 36.9 Å². The molecule has 7 amide bonds. The van der Waals surface area contributed by atoms with Gasteiger partial charge < -0.3 is 58.5 Å². The standard InChI is InChI=1S/C36H56N10O9/c1-5-19(2)27-35(55)46-16-10-14-26(46)33(53)42-24(17-22-11-7-6-8-12-22)31(51)41-23(13-9-15-39-36(37)38)30(50)43-25(18-47)32(52)45-28(21(4)48)34(54)40-20(3)29(49)44-27/h6-8,11-12,19-21,23-28,47-48H,5,9-10,13-18H2,1-4H3,(H,40,54)(H,41,51)(H,42,53)(H,43,50)(H,44,49)(H,45,52)(H4,37,38,39)/t19-,20-,21+,23-,24-,25-,26-,27-,28-/m0/s1. The minimum absolute atomic E-state index is 0.00823. The van der Waals surface area contributed by atoms with Crippen molar-refractivity contribution in [3.05, 3.63) is 35.9 Å². The molecule has 0 unspecified atom stereocenters. The molecule has 0 radical (unpaired) electrons. The van der Waals surface area contributed by atoms with Gasteiger partial charge in [-0.25, -0.2) is 0 Å². The number of hydrogen-bond acceptors (Lipinski definition) is 10. The first kappa shape index (κ1) is 44.1. The van der Waals surface area contributed by atoms with Crippen LogP contribution < -0.4 is 43.4 Å². The van der Waals surface area contributed by atoms with Gasteiger partial charge in [-0.3, -0.25) is 38.6 Å². The molecule has 9 atom stereocenters. The summed E-state index contributed by atoms with van der Waals surface area (Å²) in [5.74, 6) is -6.11. The van der Waals surface area contributed by atoms with Crippen LogP contribution in [-0.2, 0) is 40.0 Å². The second kappa shape index (κ2) is 21.0. The van der Waals surface area contributed by atoms with Crippen molar-refractivity contribution in [1.82, 2.24) is 36.8 Å². The lowest BCUT2D eigenvalue weighted by Gasteiger charge is -2.32. The zero-order valence-electron chi connectivity index (χ0n) is 31.7. The average molecular weight is 773 g/mol. The number of hydrogen-bond donors (Lipinski definition) is 10. The van der Waals surface area contributed by atoms with Crippen LogP contribution in [-0.4, -0.2) is 131 Å². The van der Waals surface area contributed by atoms with Gasteiger partial charge in [-0.15, -0.1) is 0 Å². The van der Waals surface area contributed by atoms with Crippen LogP contribution in [0, 0.1) is 5.92 Å². The first-order chi connectivity index (χ1) is 26.1. The van der Waals surface area contributed by atoms with E-state index in [9.17, 15) is 43.8 Å². The number of rotatable bonds is 10. The number of benzene rings is 1. The quantitative estimate of drug-likeness (QED) is 0.0636. The van der Waals surface area contributed by atoms with Gasteiger partial charge in [0.25, 0.3) is 0 Å². The van der Waals surface area contributed by atoms with Crippen molar-refractivity contribution in [2.24, 2.45) is 22.4 Å². The number of nitrogens with zero attached hydrogens (tertiary/aromatic N) is 2. The molecule has 304 valence electrons. The smallest absolute Gasteiger partial charge is 0.246 e. The Morgan fingerprint density at radius 1 is 0.818 bits per heavy atom. The summed E-state index contributed by atoms with van der Waals surface area (Å²) >= 11 is 0. The van der Waals surface area contributed by atoms with E-state index in [0.29, 0.717) is 18.4 Å². The average Bonchev–Trinajstić information content (AvgIpc) is 3.65.